The van der Waals surface area contributed by atoms with E-state index >= 15 is 0 Å². The van der Waals surface area contributed by atoms with E-state index < -0.39 is 0 Å². The summed E-state index contributed by atoms with van der Waals surface area (Å²) in [5.41, 5.74) is 0. The number of halogens is 1. The molecule has 1 rings (SSSR count). The van der Waals surface area contributed by atoms with E-state index in [9.17, 15) is 0 Å². The molecule has 1 aliphatic heterocycles. The highest BCUT2D eigenvalue weighted by atomic mass is 35.5. The molecule has 0 spiro atoms. The Hall–Kier alpha value is 0.250. The van der Waals surface area contributed by atoms with E-state index in [1.165, 1.54) is 0 Å². The smallest absolute Gasteiger partial charge is 0.0506 e. The summed E-state index contributed by atoms with van der Waals surface area (Å²) in [7, 11) is 0. The Morgan fingerprint density at radius 1 is 1.71 bits per heavy atom. The van der Waals surface area contributed by atoms with Crippen LogP contribution in [0.4, 0.5) is 0 Å². The zero-order valence-corrected chi connectivity index (χ0v) is 4.95. The summed E-state index contributed by atoms with van der Waals surface area (Å²) in [5.74, 6) is 1.40. The van der Waals surface area contributed by atoms with Crippen LogP contribution in [0.25, 0.3) is 0 Å². The van der Waals surface area contributed by atoms with Crippen molar-refractivity contribution in [3.63, 3.8) is 0 Å². The Balaban J connectivity index is 2.14. The van der Waals surface area contributed by atoms with E-state index in [2.05, 4.69) is 0 Å². The van der Waals surface area contributed by atoms with Crippen molar-refractivity contribution in [1.29, 1.82) is 0 Å². The van der Waals surface area contributed by atoms with E-state index in [0.717, 1.165) is 25.5 Å². The Morgan fingerprint density at radius 3 is 2.86 bits per heavy atom. The average Bonchev–Trinajstić information content (AvgIpc) is 2.14. The molecule has 0 unspecified atom stereocenters. The molecular formula is C5H9ClO. The van der Waals surface area contributed by atoms with Gasteiger partial charge in [-0.2, -0.15) is 0 Å². The van der Waals surface area contributed by atoms with Crippen LogP contribution in [0, 0.1) is 5.92 Å². The van der Waals surface area contributed by atoms with Crippen LogP contribution in [0.2, 0.25) is 0 Å². The molecular weight excluding hydrogens is 112 g/mol. The summed E-state index contributed by atoms with van der Waals surface area (Å²) in [6.07, 6.45) is 1.16. The molecule has 1 heterocycles. The standard InChI is InChI=1S/C5H9ClO/c6-3-5-1-2-7-4-5/h5H,1-4H2/t5-/m1/s1. The minimum atomic E-state index is 0.640. The Labute approximate surface area is 48.6 Å². The fraction of sp³-hybridized carbons (Fsp3) is 1.00. The van der Waals surface area contributed by atoms with Gasteiger partial charge in [0.1, 0.15) is 0 Å². The molecule has 0 aliphatic carbocycles. The van der Waals surface area contributed by atoms with Crippen molar-refractivity contribution >= 4 is 11.6 Å². The Bertz CT molecular complexity index is 50.0. The molecule has 0 aromatic rings. The van der Waals surface area contributed by atoms with Gasteiger partial charge in [-0.3, -0.25) is 0 Å². The number of hydrogen-bond acceptors (Lipinski definition) is 1. The zero-order chi connectivity index (χ0) is 5.11. The predicted molar refractivity (Wildman–Crippen MR) is 29.6 cm³/mol. The maximum absolute atomic E-state index is 5.53. The molecule has 7 heavy (non-hydrogen) atoms. The first-order valence-corrected chi connectivity index (χ1v) is 3.10. The van der Waals surface area contributed by atoms with Crippen molar-refractivity contribution < 1.29 is 4.74 Å². The number of rotatable bonds is 1. The second-order valence-corrected chi connectivity index (χ2v) is 2.19. The van der Waals surface area contributed by atoms with Gasteiger partial charge >= 0.3 is 0 Å². The summed E-state index contributed by atoms with van der Waals surface area (Å²) in [5, 5.41) is 0. The van der Waals surface area contributed by atoms with E-state index in [1.54, 1.807) is 0 Å². The molecule has 0 aromatic carbocycles. The van der Waals surface area contributed by atoms with Gasteiger partial charge in [0.25, 0.3) is 0 Å². The van der Waals surface area contributed by atoms with Gasteiger partial charge in [0.05, 0.1) is 6.61 Å². The van der Waals surface area contributed by atoms with Crippen molar-refractivity contribution in [1.82, 2.24) is 0 Å². The maximum atomic E-state index is 5.53. The molecule has 0 radical (unpaired) electrons. The normalized spacial score (nSPS) is 31.3. The largest absolute Gasteiger partial charge is 0.381 e. The van der Waals surface area contributed by atoms with Crippen LogP contribution in [-0.4, -0.2) is 19.1 Å². The van der Waals surface area contributed by atoms with Crippen molar-refractivity contribution in [2.75, 3.05) is 19.1 Å². The quantitative estimate of drug-likeness (QED) is 0.474. The van der Waals surface area contributed by atoms with Crippen LogP contribution in [0.1, 0.15) is 6.42 Å². The highest BCUT2D eigenvalue weighted by Gasteiger charge is 2.12. The highest BCUT2D eigenvalue weighted by molar-refractivity contribution is 6.18. The van der Waals surface area contributed by atoms with Crippen molar-refractivity contribution in [3.05, 3.63) is 0 Å². The summed E-state index contributed by atoms with van der Waals surface area (Å²) in [6, 6.07) is 0. The molecule has 2 heteroatoms. The molecule has 1 aliphatic rings. The van der Waals surface area contributed by atoms with Crippen molar-refractivity contribution in [2.45, 2.75) is 6.42 Å². The first-order chi connectivity index (χ1) is 3.43. The summed E-state index contributed by atoms with van der Waals surface area (Å²) in [4.78, 5) is 0. The molecule has 0 aromatic heterocycles. The number of ether oxygens (including phenoxy) is 1. The molecule has 1 fully saturated rings. The number of hydrogen-bond donors (Lipinski definition) is 0. The van der Waals surface area contributed by atoms with E-state index in [0.29, 0.717) is 5.92 Å². The summed E-state index contributed by atoms with van der Waals surface area (Å²) < 4.78 is 5.06. The molecule has 0 amide bonds. The topological polar surface area (TPSA) is 9.23 Å². The fourth-order valence-corrected chi connectivity index (χ4v) is 0.948. The Morgan fingerprint density at radius 2 is 2.57 bits per heavy atom. The lowest BCUT2D eigenvalue weighted by Gasteiger charge is -1.95. The highest BCUT2D eigenvalue weighted by Crippen LogP contribution is 2.12. The van der Waals surface area contributed by atoms with Crippen LogP contribution in [-0.2, 0) is 4.74 Å². The molecule has 0 bridgehead atoms. The lowest BCUT2D eigenvalue weighted by atomic mass is 10.2. The van der Waals surface area contributed by atoms with E-state index in [-0.39, 0.29) is 0 Å². The summed E-state index contributed by atoms with van der Waals surface area (Å²) in [6.45, 7) is 1.79. The second-order valence-electron chi connectivity index (χ2n) is 1.88. The summed E-state index contributed by atoms with van der Waals surface area (Å²) >= 11 is 5.53. The Kier molecular flexibility index (Phi) is 1.95. The van der Waals surface area contributed by atoms with Gasteiger partial charge < -0.3 is 4.74 Å². The van der Waals surface area contributed by atoms with Crippen LogP contribution >= 0.6 is 11.6 Å². The van der Waals surface area contributed by atoms with Crippen LogP contribution in [0.3, 0.4) is 0 Å². The second kappa shape index (κ2) is 2.53. The van der Waals surface area contributed by atoms with Crippen molar-refractivity contribution in [2.24, 2.45) is 5.92 Å². The van der Waals surface area contributed by atoms with Crippen LogP contribution in [0.15, 0.2) is 0 Å². The minimum Gasteiger partial charge on any atom is -0.381 e. The molecule has 1 atom stereocenters. The lowest BCUT2D eigenvalue weighted by molar-refractivity contribution is 0.189. The number of alkyl halides is 1. The van der Waals surface area contributed by atoms with E-state index in [4.69, 9.17) is 16.3 Å². The predicted octanol–water partition coefficient (Wildman–Crippen LogP) is 1.26. The van der Waals surface area contributed by atoms with Gasteiger partial charge in [-0.25, -0.2) is 0 Å². The third-order valence-electron chi connectivity index (χ3n) is 1.24. The van der Waals surface area contributed by atoms with Gasteiger partial charge in [0.2, 0.25) is 0 Å². The van der Waals surface area contributed by atoms with Gasteiger partial charge in [0, 0.05) is 12.5 Å². The zero-order valence-electron chi connectivity index (χ0n) is 4.19. The van der Waals surface area contributed by atoms with Crippen molar-refractivity contribution in [3.8, 4) is 0 Å². The molecule has 0 N–H and O–H groups in total. The van der Waals surface area contributed by atoms with Crippen LogP contribution in [0.5, 0.6) is 0 Å². The van der Waals surface area contributed by atoms with Gasteiger partial charge in [-0.15, -0.1) is 11.6 Å². The monoisotopic (exact) mass is 120 g/mol. The van der Waals surface area contributed by atoms with E-state index in [1.807, 2.05) is 0 Å². The van der Waals surface area contributed by atoms with Gasteiger partial charge in [-0.05, 0) is 12.3 Å². The van der Waals surface area contributed by atoms with Gasteiger partial charge in [-0.1, -0.05) is 0 Å². The van der Waals surface area contributed by atoms with Crippen LogP contribution < -0.4 is 0 Å². The maximum Gasteiger partial charge on any atom is 0.0506 e. The minimum absolute atomic E-state index is 0.640. The lowest BCUT2D eigenvalue weighted by Crippen LogP contribution is -1.98. The van der Waals surface area contributed by atoms with Gasteiger partial charge in [0.15, 0.2) is 0 Å². The SMILES string of the molecule is ClC[C@H]1CCOC1. The third kappa shape index (κ3) is 1.32. The molecule has 1 nitrogen and oxygen atoms in total. The first-order valence-electron chi connectivity index (χ1n) is 2.57. The third-order valence-corrected chi connectivity index (χ3v) is 1.68. The molecule has 1 saturated heterocycles. The molecule has 0 saturated carbocycles. The average molecular weight is 121 g/mol. The first kappa shape index (κ1) is 5.39. The fourth-order valence-electron chi connectivity index (χ4n) is 0.705. The molecule has 42 valence electrons.